The van der Waals surface area contributed by atoms with E-state index >= 15 is 0 Å². The number of carbonyl (C=O) groups excluding carboxylic acids is 3. The highest BCUT2D eigenvalue weighted by Crippen LogP contribution is 2.35. The summed E-state index contributed by atoms with van der Waals surface area (Å²) in [4.78, 5) is 56.8. The number of imidazole rings is 1. The lowest BCUT2D eigenvalue weighted by Crippen LogP contribution is -2.40. The third-order valence-corrected chi connectivity index (χ3v) is 4.20. The average molecular weight is 429 g/mol. The van der Waals surface area contributed by atoms with Gasteiger partial charge in [-0.1, -0.05) is 0 Å². The molecule has 12 nitrogen and oxygen atoms in total. The topological polar surface area (TPSA) is 152 Å². The molecule has 3 rings (SSSR count). The highest BCUT2D eigenvalue weighted by atomic mass is 35.5. The second kappa shape index (κ2) is 8.17. The quantitative estimate of drug-likeness (QED) is 0.394. The van der Waals surface area contributed by atoms with Gasteiger partial charge in [-0.3, -0.25) is 28.7 Å². The van der Waals surface area contributed by atoms with Crippen LogP contribution in [-0.2, 0) is 33.3 Å². The fraction of sp³-hybridized carbons (Fsp3) is 0.500. The first kappa shape index (κ1) is 20.7. The van der Waals surface area contributed by atoms with Gasteiger partial charge in [-0.15, -0.1) is 0 Å². The Morgan fingerprint density at radius 3 is 2.45 bits per heavy atom. The Balaban J connectivity index is 2.05. The molecule has 0 aliphatic carbocycles. The molecular weight excluding hydrogens is 412 g/mol. The molecule has 1 saturated heterocycles. The van der Waals surface area contributed by atoms with Gasteiger partial charge in [0.05, 0.1) is 6.33 Å². The lowest BCUT2D eigenvalue weighted by Gasteiger charge is -2.23. The molecule has 13 heteroatoms. The van der Waals surface area contributed by atoms with Crippen LogP contribution in [-0.4, -0.2) is 62.3 Å². The van der Waals surface area contributed by atoms with Crippen LogP contribution in [0.15, 0.2) is 11.1 Å². The monoisotopic (exact) mass is 428 g/mol. The fourth-order valence-electron chi connectivity index (χ4n) is 3.00. The minimum atomic E-state index is -1.13. The van der Waals surface area contributed by atoms with Gasteiger partial charge < -0.3 is 18.9 Å². The first-order chi connectivity index (χ1) is 13.7. The number of fused-ring (bicyclic) bond motifs is 1. The highest BCUT2D eigenvalue weighted by molar-refractivity contribution is 6.28. The van der Waals surface area contributed by atoms with E-state index in [0.717, 1.165) is 0 Å². The third kappa shape index (κ3) is 4.38. The van der Waals surface area contributed by atoms with Crippen molar-refractivity contribution in [3.63, 3.8) is 0 Å². The van der Waals surface area contributed by atoms with Crippen molar-refractivity contribution < 1.29 is 33.3 Å². The largest absolute Gasteiger partial charge is 0.463 e. The number of nitrogens with one attached hydrogen (secondary N) is 1. The molecular formula is C16H17ClN4O8. The lowest BCUT2D eigenvalue weighted by molar-refractivity contribution is -0.166. The smallest absolute Gasteiger partial charge is 0.303 e. The maximum Gasteiger partial charge on any atom is 0.303 e. The van der Waals surface area contributed by atoms with Crippen LogP contribution in [0.4, 0.5) is 0 Å². The van der Waals surface area contributed by atoms with E-state index < -0.39 is 48.0 Å². The van der Waals surface area contributed by atoms with Crippen molar-refractivity contribution in [2.45, 2.75) is 45.3 Å². The second-order valence-corrected chi connectivity index (χ2v) is 6.55. The summed E-state index contributed by atoms with van der Waals surface area (Å²) in [7, 11) is 0. The molecule has 2 aromatic heterocycles. The number of hydrogen-bond acceptors (Lipinski definition) is 10. The zero-order valence-corrected chi connectivity index (χ0v) is 16.3. The molecule has 3 heterocycles. The zero-order valence-electron chi connectivity index (χ0n) is 15.6. The van der Waals surface area contributed by atoms with Gasteiger partial charge in [0.1, 0.15) is 12.7 Å². The van der Waals surface area contributed by atoms with Crippen LogP contribution < -0.4 is 5.56 Å². The molecule has 1 fully saturated rings. The third-order valence-electron chi connectivity index (χ3n) is 4.02. The first-order valence-electron chi connectivity index (χ1n) is 8.43. The van der Waals surface area contributed by atoms with E-state index in [1.54, 1.807) is 0 Å². The summed E-state index contributed by atoms with van der Waals surface area (Å²) in [5.41, 5.74) is -0.531. The number of nitrogens with zero attached hydrogens (tertiary/aromatic N) is 3. The van der Waals surface area contributed by atoms with Crippen LogP contribution in [0.5, 0.6) is 0 Å². The molecule has 29 heavy (non-hydrogen) atoms. The number of H-pyrrole nitrogens is 1. The van der Waals surface area contributed by atoms with Gasteiger partial charge in [0.15, 0.2) is 29.6 Å². The molecule has 1 aliphatic rings. The van der Waals surface area contributed by atoms with Gasteiger partial charge >= 0.3 is 17.9 Å². The predicted molar refractivity (Wildman–Crippen MR) is 94.8 cm³/mol. The summed E-state index contributed by atoms with van der Waals surface area (Å²) >= 11 is 5.83. The molecule has 1 aliphatic heterocycles. The van der Waals surface area contributed by atoms with E-state index in [1.807, 2.05) is 0 Å². The van der Waals surface area contributed by atoms with E-state index in [-0.39, 0.29) is 23.1 Å². The van der Waals surface area contributed by atoms with E-state index in [2.05, 4.69) is 15.0 Å². The van der Waals surface area contributed by atoms with E-state index in [1.165, 1.54) is 31.7 Å². The van der Waals surface area contributed by atoms with Crippen molar-refractivity contribution in [2.75, 3.05) is 6.61 Å². The number of aromatic amines is 1. The SMILES string of the molecule is CC(=O)OC[C@H]1O[C@@H](n2cnc3c(=O)[nH]c(Cl)nc32)[C@@H](OC(C)=O)[C@H]1OC(C)=O. The van der Waals surface area contributed by atoms with Gasteiger partial charge in [0.25, 0.3) is 5.56 Å². The number of carbonyl (C=O) groups is 3. The number of ether oxygens (including phenoxy) is 4. The van der Waals surface area contributed by atoms with Gasteiger partial charge in [-0.05, 0) is 11.6 Å². The molecule has 2 aromatic rings. The van der Waals surface area contributed by atoms with Gasteiger partial charge in [0, 0.05) is 20.8 Å². The van der Waals surface area contributed by atoms with Crippen molar-refractivity contribution in [3.8, 4) is 0 Å². The van der Waals surface area contributed by atoms with Crippen LogP contribution in [0.25, 0.3) is 11.2 Å². The Morgan fingerprint density at radius 2 is 1.83 bits per heavy atom. The summed E-state index contributed by atoms with van der Waals surface area (Å²) < 4.78 is 22.8. The first-order valence-corrected chi connectivity index (χ1v) is 8.80. The molecule has 0 unspecified atom stereocenters. The summed E-state index contributed by atoms with van der Waals surface area (Å²) in [6.45, 7) is 3.29. The maximum absolute atomic E-state index is 12.0. The van der Waals surface area contributed by atoms with Crippen molar-refractivity contribution in [1.29, 1.82) is 0 Å². The van der Waals surface area contributed by atoms with Crippen LogP contribution in [0.3, 0.4) is 0 Å². The number of aromatic nitrogens is 4. The van der Waals surface area contributed by atoms with Gasteiger partial charge in [-0.25, -0.2) is 4.98 Å². The average Bonchev–Trinajstić information content (AvgIpc) is 3.15. The molecule has 0 bridgehead atoms. The molecule has 0 spiro atoms. The lowest BCUT2D eigenvalue weighted by atomic mass is 10.1. The number of hydrogen-bond donors (Lipinski definition) is 1. The van der Waals surface area contributed by atoms with Crippen LogP contribution >= 0.6 is 11.6 Å². The summed E-state index contributed by atoms with van der Waals surface area (Å²) in [6, 6.07) is 0. The Kier molecular flexibility index (Phi) is 5.84. The predicted octanol–water partition coefficient (Wildman–Crippen LogP) is 0.0969. The molecule has 0 aromatic carbocycles. The number of halogens is 1. The molecule has 156 valence electrons. The Bertz CT molecular complexity index is 1020. The second-order valence-electron chi connectivity index (χ2n) is 6.20. The molecule has 0 saturated carbocycles. The standard InChI is InChI=1S/C16H17ClN4O8/c1-6(22)26-4-9-11(27-7(2)23)12(28-8(3)24)15(29-9)21-5-18-10-13(21)19-16(17)20-14(10)25/h5,9,11-12,15H,4H2,1-3H3,(H,19,20,25)/t9-,11+,12+,15-/m1/s1. The molecule has 0 amide bonds. The molecule has 0 radical (unpaired) electrons. The van der Waals surface area contributed by atoms with Gasteiger partial charge in [0.2, 0.25) is 5.28 Å². The van der Waals surface area contributed by atoms with Crippen molar-refractivity contribution in [1.82, 2.24) is 19.5 Å². The molecule has 1 N–H and O–H groups in total. The maximum atomic E-state index is 12.0. The summed E-state index contributed by atoms with van der Waals surface area (Å²) in [6.07, 6.45) is -3.00. The minimum absolute atomic E-state index is 0.0213. The van der Waals surface area contributed by atoms with Crippen molar-refractivity contribution >= 4 is 40.7 Å². The zero-order chi connectivity index (χ0) is 21.3. The highest BCUT2D eigenvalue weighted by Gasteiger charge is 2.51. The minimum Gasteiger partial charge on any atom is -0.463 e. The molecule has 4 atom stereocenters. The normalized spacial score (nSPS) is 23.7. The van der Waals surface area contributed by atoms with E-state index in [4.69, 9.17) is 30.5 Å². The van der Waals surface area contributed by atoms with E-state index in [9.17, 15) is 19.2 Å². The van der Waals surface area contributed by atoms with Crippen LogP contribution in [0, 0.1) is 0 Å². The fourth-order valence-corrected chi connectivity index (χ4v) is 3.17. The summed E-state index contributed by atoms with van der Waals surface area (Å²) in [5.74, 6) is -1.89. The number of esters is 3. The van der Waals surface area contributed by atoms with Crippen LogP contribution in [0.2, 0.25) is 5.28 Å². The Labute approximate surface area is 168 Å². The Hall–Kier alpha value is -2.99. The van der Waals surface area contributed by atoms with Crippen molar-refractivity contribution in [2.24, 2.45) is 0 Å². The van der Waals surface area contributed by atoms with Gasteiger partial charge in [-0.2, -0.15) is 4.98 Å². The summed E-state index contributed by atoms with van der Waals surface area (Å²) in [5, 5.41) is -0.181. The van der Waals surface area contributed by atoms with Crippen LogP contribution in [0.1, 0.15) is 27.0 Å². The van der Waals surface area contributed by atoms with Crippen molar-refractivity contribution in [3.05, 3.63) is 22.0 Å². The van der Waals surface area contributed by atoms with E-state index in [0.29, 0.717) is 0 Å². The Morgan fingerprint density at radius 1 is 1.17 bits per heavy atom. The number of rotatable bonds is 5.